The Hall–Kier alpha value is -2.64. The molecule has 0 bridgehead atoms. The summed E-state index contributed by atoms with van der Waals surface area (Å²) in [5.41, 5.74) is 1.44. The lowest BCUT2D eigenvalue weighted by Crippen LogP contribution is -2.23. The van der Waals surface area contributed by atoms with Crippen LogP contribution >= 0.6 is 22.9 Å². The molecular formula is C18H14ClN3O3S. The van der Waals surface area contributed by atoms with Gasteiger partial charge in [0, 0.05) is 36.3 Å². The summed E-state index contributed by atoms with van der Waals surface area (Å²) < 4.78 is 7.10. The van der Waals surface area contributed by atoms with Gasteiger partial charge in [0.25, 0.3) is 0 Å². The number of esters is 1. The van der Waals surface area contributed by atoms with Crippen molar-refractivity contribution in [2.45, 2.75) is 12.8 Å². The summed E-state index contributed by atoms with van der Waals surface area (Å²) in [6.45, 7) is 0.726. The number of thiazole rings is 1. The third-order valence-electron chi connectivity index (χ3n) is 4.07. The van der Waals surface area contributed by atoms with Crippen LogP contribution in [0.25, 0.3) is 11.0 Å². The highest BCUT2D eigenvalue weighted by atomic mass is 35.5. The first-order chi connectivity index (χ1) is 12.6. The van der Waals surface area contributed by atoms with Crippen molar-refractivity contribution in [1.29, 1.82) is 0 Å². The molecule has 26 heavy (non-hydrogen) atoms. The highest BCUT2D eigenvalue weighted by Crippen LogP contribution is 2.25. The summed E-state index contributed by atoms with van der Waals surface area (Å²) in [5.74, 6) is 0.0152. The molecule has 1 fully saturated rings. The lowest BCUT2D eigenvalue weighted by atomic mass is 10.3. The van der Waals surface area contributed by atoms with E-state index in [1.807, 2.05) is 11.6 Å². The Morgan fingerprint density at radius 2 is 2.12 bits per heavy atom. The first kappa shape index (κ1) is 16.8. The Balaban J connectivity index is 1.44. The highest BCUT2D eigenvalue weighted by Gasteiger charge is 2.21. The average Bonchev–Trinajstić information content (AvgIpc) is 3.31. The number of anilines is 1. The first-order valence-electron chi connectivity index (χ1n) is 8.03. The number of imidazole rings is 1. The number of rotatable bonds is 4. The standard InChI is InChI=1S/C18H14ClN3O3S/c19-17-14(22-10-11-26-18(22)20-17)7-8-16(24)25-13-5-3-12(4-6-13)21-9-1-2-15(21)23/h3-8,10-11H,1-2,9H2/b8-7+. The maximum Gasteiger partial charge on any atom is 0.336 e. The fraction of sp³-hybridized carbons (Fsp3) is 0.167. The number of ether oxygens (including phenoxy) is 1. The number of halogens is 1. The van der Waals surface area contributed by atoms with Crippen LogP contribution in [0.2, 0.25) is 5.15 Å². The summed E-state index contributed by atoms with van der Waals surface area (Å²) >= 11 is 7.54. The number of benzene rings is 1. The van der Waals surface area contributed by atoms with E-state index in [0.29, 0.717) is 23.0 Å². The molecule has 0 atom stereocenters. The van der Waals surface area contributed by atoms with Crippen LogP contribution < -0.4 is 9.64 Å². The minimum atomic E-state index is -0.517. The Bertz CT molecular complexity index is 1010. The van der Waals surface area contributed by atoms with Crippen molar-refractivity contribution in [3.8, 4) is 5.75 Å². The van der Waals surface area contributed by atoms with Crippen LogP contribution in [-0.2, 0) is 9.59 Å². The Morgan fingerprint density at radius 3 is 2.85 bits per heavy atom. The number of nitrogens with zero attached hydrogens (tertiary/aromatic N) is 3. The molecule has 1 saturated heterocycles. The Kier molecular flexibility index (Phi) is 4.48. The van der Waals surface area contributed by atoms with E-state index < -0.39 is 5.97 Å². The first-order valence-corrected chi connectivity index (χ1v) is 9.29. The van der Waals surface area contributed by atoms with E-state index in [2.05, 4.69) is 4.98 Å². The number of amides is 1. The molecule has 3 heterocycles. The molecule has 3 aromatic rings. The topological polar surface area (TPSA) is 63.9 Å². The van der Waals surface area contributed by atoms with Gasteiger partial charge in [-0.3, -0.25) is 9.20 Å². The lowest BCUT2D eigenvalue weighted by Gasteiger charge is -2.15. The van der Waals surface area contributed by atoms with Gasteiger partial charge in [-0.05, 0) is 36.8 Å². The van der Waals surface area contributed by atoms with Gasteiger partial charge in [-0.2, -0.15) is 0 Å². The predicted octanol–water partition coefficient (Wildman–Crippen LogP) is 3.79. The van der Waals surface area contributed by atoms with Crippen molar-refractivity contribution in [2.24, 2.45) is 0 Å². The van der Waals surface area contributed by atoms with Crippen LogP contribution in [0.1, 0.15) is 18.5 Å². The average molecular weight is 388 g/mol. The van der Waals surface area contributed by atoms with Gasteiger partial charge in [-0.1, -0.05) is 11.6 Å². The zero-order chi connectivity index (χ0) is 18.1. The van der Waals surface area contributed by atoms with Crippen molar-refractivity contribution in [1.82, 2.24) is 9.38 Å². The molecule has 6 nitrogen and oxygen atoms in total. The normalized spacial score (nSPS) is 14.7. The number of carbonyl (C=O) groups excluding carboxylic acids is 2. The monoisotopic (exact) mass is 387 g/mol. The molecule has 1 aliphatic heterocycles. The zero-order valence-electron chi connectivity index (χ0n) is 13.6. The van der Waals surface area contributed by atoms with E-state index in [1.165, 1.54) is 17.4 Å². The molecule has 0 spiro atoms. The zero-order valence-corrected chi connectivity index (χ0v) is 15.2. The minimum Gasteiger partial charge on any atom is -0.423 e. The van der Waals surface area contributed by atoms with E-state index in [1.54, 1.807) is 39.6 Å². The number of fused-ring (bicyclic) bond motifs is 1. The predicted molar refractivity (Wildman–Crippen MR) is 101 cm³/mol. The molecule has 0 aliphatic carbocycles. The summed E-state index contributed by atoms with van der Waals surface area (Å²) in [5, 5.41) is 2.22. The Labute approximate surface area is 158 Å². The van der Waals surface area contributed by atoms with Crippen LogP contribution in [-0.4, -0.2) is 27.8 Å². The van der Waals surface area contributed by atoms with Crippen molar-refractivity contribution in [3.05, 3.63) is 52.8 Å². The molecule has 2 aromatic heterocycles. The third kappa shape index (κ3) is 3.23. The second kappa shape index (κ2) is 6.93. The van der Waals surface area contributed by atoms with Gasteiger partial charge in [0.2, 0.25) is 5.91 Å². The SMILES string of the molecule is O=C(/C=C/c1c(Cl)nc2sccn12)Oc1ccc(N2CCCC2=O)cc1. The molecule has 0 saturated carbocycles. The largest absolute Gasteiger partial charge is 0.423 e. The molecule has 8 heteroatoms. The summed E-state index contributed by atoms with van der Waals surface area (Å²) in [6, 6.07) is 6.90. The van der Waals surface area contributed by atoms with Gasteiger partial charge in [0.1, 0.15) is 5.75 Å². The van der Waals surface area contributed by atoms with Gasteiger partial charge >= 0.3 is 5.97 Å². The van der Waals surface area contributed by atoms with Gasteiger partial charge in [-0.25, -0.2) is 9.78 Å². The van der Waals surface area contributed by atoms with Crippen LogP contribution in [0.3, 0.4) is 0 Å². The quantitative estimate of drug-likeness (QED) is 0.388. The maximum atomic E-state index is 12.0. The fourth-order valence-corrected chi connectivity index (χ4v) is 3.84. The second-order valence-corrected chi connectivity index (χ2v) is 6.97. The van der Waals surface area contributed by atoms with E-state index in [4.69, 9.17) is 16.3 Å². The number of hydrogen-bond acceptors (Lipinski definition) is 5. The van der Waals surface area contributed by atoms with Crippen molar-refractivity contribution in [2.75, 3.05) is 11.4 Å². The molecule has 1 aromatic carbocycles. The van der Waals surface area contributed by atoms with Gasteiger partial charge in [0.05, 0.1) is 5.69 Å². The van der Waals surface area contributed by atoms with Crippen LogP contribution in [0.5, 0.6) is 5.75 Å². The molecule has 0 N–H and O–H groups in total. The molecule has 4 rings (SSSR count). The van der Waals surface area contributed by atoms with Crippen LogP contribution in [0, 0.1) is 0 Å². The molecule has 132 valence electrons. The molecule has 1 amide bonds. The molecular weight excluding hydrogens is 374 g/mol. The summed E-state index contributed by atoms with van der Waals surface area (Å²) in [6.07, 6.45) is 6.17. The van der Waals surface area contributed by atoms with Gasteiger partial charge in [-0.15, -0.1) is 11.3 Å². The molecule has 0 unspecified atom stereocenters. The van der Waals surface area contributed by atoms with Crippen molar-refractivity contribution >= 4 is 51.5 Å². The van der Waals surface area contributed by atoms with E-state index >= 15 is 0 Å². The van der Waals surface area contributed by atoms with E-state index in [9.17, 15) is 9.59 Å². The summed E-state index contributed by atoms with van der Waals surface area (Å²) in [4.78, 5) is 30.5. The number of carbonyl (C=O) groups is 2. The molecule has 0 radical (unpaired) electrons. The van der Waals surface area contributed by atoms with Crippen LogP contribution in [0.4, 0.5) is 5.69 Å². The van der Waals surface area contributed by atoms with Crippen molar-refractivity contribution < 1.29 is 14.3 Å². The number of hydrogen-bond donors (Lipinski definition) is 0. The fourth-order valence-electron chi connectivity index (χ4n) is 2.84. The second-order valence-electron chi connectivity index (χ2n) is 5.74. The smallest absolute Gasteiger partial charge is 0.336 e. The number of aromatic nitrogens is 2. The Morgan fingerprint density at radius 1 is 1.31 bits per heavy atom. The van der Waals surface area contributed by atoms with Crippen LogP contribution in [0.15, 0.2) is 41.9 Å². The third-order valence-corrected chi connectivity index (χ3v) is 5.11. The van der Waals surface area contributed by atoms with E-state index in [0.717, 1.165) is 23.6 Å². The van der Waals surface area contributed by atoms with Crippen molar-refractivity contribution in [3.63, 3.8) is 0 Å². The minimum absolute atomic E-state index is 0.120. The highest BCUT2D eigenvalue weighted by molar-refractivity contribution is 7.15. The lowest BCUT2D eigenvalue weighted by molar-refractivity contribution is -0.129. The van der Waals surface area contributed by atoms with Gasteiger partial charge in [0.15, 0.2) is 10.1 Å². The van der Waals surface area contributed by atoms with Gasteiger partial charge < -0.3 is 9.64 Å². The summed E-state index contributed by atoms with van der Waals surface area (Å²) in [7, 11) is 0. The van der Waals surface area contributed by atoms with E-state index in [-0.39, 0.29) is 5.91 Å². The molecule has 1 aliphatic rings. The maximum absolute atomic E-state index is 12.0.